The van der Waals surface area contributed by atoms with Crippen molar-refractivity contribution in [2.75, 3.05) is 6.61 Å². The molecule has 0 spiro atoms. The van der Waals surface area contributed by atoms with E-state index in [0.717, 1.165) is 5.56 Å². The number of amides is 1. The molecule has 3 heteroatoms. The predicted octanol–water partition coefficient (Wildman–Crippen LogP) is 2.52. The van der Waals surface area contributed by atoms with Gasteiger partial charge in [0, 0.05) is 18.2 Å². The van der Waals surface area contributed by atoms with Gasteiger partial charge in [0.1, 0.15) is 0 Å². The summed E-state index contributed by atoms with van der Waals surface area (Å²) >= 11 is 0. The van der Waals surface area contributed by atoms with Gasteiger partial charge in [-0.15, -0.1) is 0 Å². The molecule has 0 aromatic heterocycles. The van der Waals surface area contributed by atoms with E-state index >= 15 is 0 Å². The van der Waals surface area contributed by atoms with E-state index in [1.807, 2.05) is 25.1 Å². The Balaban J connectivity index is 2.79. The van der Waals surface area contributed by atoms with E-state index in [-0.39, 0.29) is 24.0 Å². The number of benzene rings is 1. The van der Waals surface area contributed by atoms with E-state index in [0.29, 0.717) is 12.0 Å². The number of nitrogens with one attached hydrogen (secondary N) is 1. The van der Waals surface area contributed by atoms with Crippen LogP contribution in [0.4, 0.5) is 0 Å². The van der Waals surface area contributed by atoms with Crippen LogP contribution in [0.2, 0.25) is 0 Å². The van der Waals surface area contributed by atoms with Gasteiger partial charge in [-0.05, 0) is 30.9 Å². The summed E-state index contributed by atoms with van der Waals surface area (Å²) in [7, 11) is 0. The molecule has 1 unspecified atom stereocenters. The van der Waals surface area contributed by atoms with Crippen LogP contribution in [0, 0.1) is 12.3 Å². The molecule has 0 fully saturated rings. The largest absolute Gasteiger partial charge is 0.396 e. The molecule has 1 rings (SSSR count). The number of hydrogen-bond donors (Lipinski definition) is 2. The number of carbonyl (C=O) groups excluding carboxylic acids is 1. The first-order chi connectivity index (χ1) is 8.34. The molecular formula is C15H23NO2. The van der Waals surface area contributed by atoms with Gasteiger partial charge < -0.3 is 10.4 Å². The van der Waals surface area contributed by atoms with E-state index in [4.69, 9.17) is 5.11 Å². The SMILES string of the molecule is Cc1cccc(C(=O)NC(CCO)C(C)(C)C)c1. The Bertz CT molecular complexity index is 407. The molecule has 0 aliphatic rings. The van der Waals surface area contributed by atoms with E-state index < -0.39 is 0 Å². The molecule has 0 saturated carbocycles. The lowest BCUT2D eigenvalue weighted by atomic mass is 9.84. The van der Waals surface area contributed by atoms with Crippen LogP contribution in [0.5, 0.6) is 0 Å². The van der Waals surface area contributed by atoms with Crippen LogP contribution in [0.15, 0.2) is 24.3 Å². The third-order valence-electron chi connectivity index (χ3n) is 3.05. The van der Waals surface area contributed by atoms with Crippen molar-refractivity contribution >= 4 is 5.91 Å². The normalized spacial score (nSPS) is 13.2. The van der Waals surface area contributed by atoms with Gasteiger partial charge in [0.05, 0.1) is 0 Å². The molecule has 0 aliphatic carbocycles. The summed E-state index contributed by atoms with van der Waals surface area (Å²) < 4.78 is 0. The zero-order valence-corrected chi connectivity index (χ0v) is 11.7. The summed E-state index contributed by atoms with van der Waals surface area (Å²) in [5.74, 6) is -0.0768. The molecule has 0 saturated heterocycles. The Kier molecular flexibility index (Phi) is 4.91. The van der Waals surface area contributed by atoms with Gasteiger partial charge >= 0.3 is 0 Å². The smallest absolute Gasteiger partial charge is 0.251 e. The molecule has 0 aliphatic heterocycles. The Hall–Kier alpha value is -1.35. The Morgan fingerprint density at radius 2 is 2.06 bits per heavy atom. The van der Waals surface area contributed by atoms with Crippen LogP contribution in [-0.2, 0) is 0 Å². The minimum absolute atomic E-state index is 0.0319. The summed E-state index contributed by atoms with van der Waals surface area (Å²) in [6.07, 6.45) is 0.570. The van der Waals surface area contributed by atoms with Crippen LogP contribution >= 0.6 is 0 Å². The lowest BCUT2D eigenvalue weighted by molar-refractivity contribution is 0.0885. The van der Waals surface area contributed by atoms with Crippen LogP contribution in [-0.4, -0.2) is 23.7 Å². The molecule has 2 N–H and O–H groups in total. The monoisotopic (exact) mass is 249 g/mol. The van der Waals surface area contributed by atoms with Crippen molar-refractivity contribution in [2.24, 2.45) is 5.41 Å². The van der Waals surface area contributed by atoms with Crippen molar-refractivity contribution in [3.05, 3.63) is 35.4 Å². The number of aliphatic hydroxyl groups is 1. The van der Waals surface area contributed by atoms with Crippen molar-refractivity contribution < 1.29 is 9.90 Å². The fourth-order valence-corrected chi connectivity index (χ4v) is 1.88. The summed E-state index contributed by atoms with van der Waals surface area (Å²) in [6.45, 7) is 8.22. The first kappa shape index (κ1) is 14.7. The summed E-state index contributed by atoms with van der Waals surface area (Å²) in [5, 5.41) is 12.1. The minimum atomic E-state index is -0.0768. The standard InChI is InChI=1S/C15H23NO2/c1-11-6-5-7-12(10-11)14(18)16-13(8-9-17)15(2,3)4/h5-7,10,13,17H,8-9H2,1-4H3,(H,16,18). The fraction of sp³-hybridized carbons (Fsp3) is 0.533. The highest BCUT2D eigenvalue weighted by Gasteiger charge is 2.25. The topological polar surface area (TPSA) is 49.3 Å². The molecule has 0 radical (unpaired) electrons. The van der Waals surface area contributed by atoms with Crippen molar-refractivity contribution in [2.45, 2.75) is 40.2 Å². The summed E-state index contributed by atoms with van der Waals surface area (Å²) in [6, 6.07) is 7.49. The Morgan fingerprint density at radius 3 is 2.56 bits per heavy atom. The molecular weight excluding hydrogens is 226 g/mol. The molecule has 1 aromatic rings. The molecule has 1 amide bonds. The molecule has 1 atom stereocenters. The zero-order chi connectivity index (χ0) is 13.8. The van der Waals surface area contributed by atoms with Crippen LogP contribution < -0.4 is 5.32 Å². The first-order valence-corrected chi connectivity index (χ1v) is 6.33. The Morgan fingerprint density at radius 1 is 1.39 bits per heavy atom. The van der Waals surface area contributed by atoms with Gasteiger partial charge in [-0.25, -0.2) is 0 Å². The third kappa shape index (κ3) is 4.15. The predicted molar refractivity (Wildman–Crippen MR) is 73.6 cm³/mol. The number of aliphatic hydroxyl groups excluding tert-OH is 1. The van der Waals surface area contributed by atoms with Gasteiger partial charge in [-0.1, -0.05) is 38.5 Å². The second-order valence-corrected chi connectivity index (χ2v) is 5.77. The second-order valence-electron chi connectivity index (χ2n) is 5.77. The van der Waals surface area contributed by atoms with E-state index in [2.05, 4.69) is 26.1 Å². The van der Waals surface area contributed by atoms with Crippen molar-refractivity contribution in [1.29, 1.82) is 0 Å². The van der Waals surface area contributed by atoms with Gasteiger partial charge in [0.2, 0.25) is 0 Å². The van der Waals surface area contributed by atoms with E-state index in [1.165, 1.54) is 0 Å². The summed E-state index contributed by atoms with van der Waals surface area (Å²) in [5.41, 5.74) is 1.67. The highest BCUT2D eigenvalue weighted by Crippen LogP contribution is 2.22. The molecule has 0 heterocycles. The zero-order valence-electron chi connectivity index (χ0n) is 11.7. The van der Waals surface area contributed by atoms with E-state index in [9.17, 15) is 4.79 Å². The van der Waals surface area contributed by atoms with Crippen molar-refractivity contribution in [3.63, 3.8) is 0 Å². The number of aryl methyl sites for hydroxylation is 1. The lowest BCUT2D eigenvalue weighted by Crippen LogP contribution is -2.44. The average Bonchev–Trinajstić information content (AvgIpc) is 2.27. The van der Waals surface area contributed by atoms with Gasteiger partial charge in [-0.3, -0.25) is 4.79 Å². The molecule has 100 valence electrons. The quantitative estimate of drug-likeness (QED) is 0.861. The maximum atomic E-state index is 12.1. The second kappa shape index (κ2) is 6.01. The minimum Gasteiger partial charge on any atom is -0.396 e. The third-order valence-corrected chi connectivity index (χ3v) is 3.05. The number of carbonyl (C=O) groups is 1. The maximum absolute atomic E-state index is 12.1. The first-order valence-electron chi connectivity index (χ1n) is 6.33. The van der Waals surface area contributed by atoms with Crippen LogP contribution in [0.25, 0.3) is 0 Å². The van der Waals surface area contributed by atoms with Crippen LogP contribution in [0.3, 0.4) is 0 Å². The van der Waals surface area contributed by atoms with Gasteiger partial charge in [0.15, 0.2) is 0 Å². The highest BCUT2D eigenvalue weighted by molar-refractivity contribution is 5.94. The maximum Gasteiger partial charge on any atom is 0.251 e. The number of rotatable bonds is 4. The molecule has 18 heavy (non-hydrogen) atoms. The van der Waals surface area contributed by atoms with Crippen molar-refractivity contribution in [1.82, 2.24) is 5.32 Å². The number of hydrogen-bond acceptors (Lipinski definition) is 2. The van der Waals surface area contributed by atoms with E-state index in [1.54, 1.807) is 6.07 Å². The summed E-state index contributed by atoms with van der Waals surface area (Å²) in [4.78, 5) is 12.1. The molecule has 0 bridgehead atoms. The highest BCUT2D eigenvalue weighted by atomic mass is 16.3. The fourth-order valence-electron chi connectivity index (χ4n) is 1.88. The van der Waals surface area contributed by atoms with Gasteiger partial charge in [0.25, 0.3) is 5.91 Å². The lowest BCUT2D eigenvalue weighted by Gasteiger charge is -2.31. The van der Waals surface area contributed by atoms with Crippen LogP contribution in [0.1, 0.15) is 43.1 Å². The Labute approximate surface area is 109 Å². The van der Waals surface area contributed by atoms with Crippen molar-refractivity contribution in [3.8, 4) is 0 Å². The average molecular weight is 249 g/mol. The van der Waals surface area contributed by atoms with Gasteiger partial charge in [-0.2, -0.15) is 0 Å². The molecule has 1 aromatic carbocycles. The molecule has 3 nitrogen and oxygen atoms in total.